The van der Waals surface area contributed by atoms with Gasteiger partial charge in [0.15, 0.2) is 11.5 Å². The van der Waals surface area contributed by atoms with E-state index in [4.69, 9.17) is 33.3 Å². The number of primary amides is 1. The van der Waals surface area contributed by atoms with Gasteiger partial charge in [-0.1, -0.05) is 17.7 Å². The molecule has 5 aromatic rings. The molecule has 0 atom stereocenters. The maximum Gasteiger partial charge on any atom is 0.248 e. The van der Waals surface area contributed by atoms with Crippen molar-refractivity contribution in [3.63, 3.8) is 0 Å². The minimum absolute atomic E-state index is 0.290. The van der Waals surface area contributed by atoms with Crippen molar-refractivity contribution in [2.45, 2.75) is 32.9 Å². The molecule has 37 heavy (non-hydrogen) atoms. The minimum Gasteiger partial charge on any atom is -0.383 e. The average molecular weight is 521 g/mol. The van der Waals surface area contributed by atoms with Crippen LogP contribution in [0, 0.1) is 0 Å². The second-order valence-corrected chi connectivity index (χ2v) is 10.6. The molecule has 1 aromatic carbocycles. The number of likely N-dealkylation sites (N-methyl/N-ethyl adjacent to an activating group) is 1. The van der Waals surface area contributed by atoms with Gasteiger partial charge in [-0.25, -0.2) is 14.6 Å². The zero-order chi connectivity index (χ0) is 26.6. The summed E-state index contributed by atoms with van der Waals surface area (Å²) in [5, 5.41) is 11.5. The first-order chi connectivity index (χ1) is 17.5. The Balaban J connectivity index is 1.86. The highest BCUT2D eigenvalue weighted by Crippen LogP contribution is 2.43. The van der Waals surface area contributed by atoms with Crippen molar-refractivity contribution in [2.75, 3.05) is 26.4 Å². The van der Waals surface area contributed by atoms with Gasteiger partial charge in [-0.2, -0.15) is 10.2 Å². The number of benzene rings is 1. The fraction of sp³-hybridized carbons (Fsp3) is 0.320. The second-order valence-electron chi connectivity index (χ2n) is 10.2. The molecule has 5 rings (SSSR count). The van der Waals surface area contributed by atoms with Crippen LogP contribution in [0.5, 0.6) is 0 Å². The number of carbonyl (C=O) groups is 1. The number of nitrogens with zero attached hydrogens (tertiary/aromatic N) is 8. The molecule has 192 valence electrons. The quantitative estimate of drug-likeness (QED) is 0.350. The number of hydrogen-bond acceptors (Lipinski definition) is 7. The molecular weight excluding hydrogens is 492 g/mol. The lowest BCUT2D eigenvalue weighted by molar-refractivity contribution is 0.100. The van der Waals surface area contributed by atoms with Crippen LogP contribution in [0.1, 0.15) is 31.1 Å². The summed E-state index contributed by atoms with van der Waals surface area (Å²) in [7, 11) is 4.02. The Morgan fingerprint density at radius 3 is 2.57 bits per heavy atom. The second kappa shape index (κ2) is 8.86. The molecule has 12 heteroatoms. The summed E-state index contributed by atoms with van der Waals surface area (Å²) in [5.41, 5.74) is 14.3. The van der Waals surface area contributed by atoms with E-state index < -0.39 is 11.4 Å². The monoisotopic (exact) mass is 520 g/mol. The van der Waals surface area contributed by atoms with Crippen LogP contribution in [0.25, 0.3) is 39.1 Å². The summed E-state index contributed by atoms with van der Waals surface area (Å²) in [4.78, 5) is 22.9. The predicted molar refractivity (Wildman–Crippen MR) is 145 cm³/mol. The predicted octanol–water partition coefficient (Wildman–Crippen LogP) is 3.28. The molecule has 4 N–H and O–H groups in total. The molecule has 0 spiro atoms. The largest absolute Gasteiger partial charge is 0.383 e. The maximum atomic E-state index is 12.0. The molecular formula is C25H29ClN10O. The van der Waals surface area contributed by atoms with Crippen molar-refractivity contribution in [1.82, 2.24) is 39.0 Å². The van der Waals surface area contributed by atoms with Gasteiger partial charge in [-0.05, 0) is 47.0 Å². The highest BCUT2D eigenvalue weighted by molar-refractivity contribution is 6.39. The lowest BCUT2D eigenvalue weighted by Crippen LogP contribution is -2.23. The Morgan fingerprint density at radius 2 is 1.89 bits per heavy atom. The zero-order valence-corrected chi connectivity index (χ0v) is 22.2. The number of rotatable bonds is 6. The molecule has 11 nitrogen and oxygen atoms in total. The van der Waals surface area contributed by atoms with E-state index in [0.29, 0.717) is 50.9 Å². The lowest BCUT2D eigenvalue weighted by atomic mass is 10.1. The van der Waals surface area contributed by atoms with E-state index in [1.54, 1.807) is 18.2 Å². The summed E-state index contributed by atoms with van der Waals surface area (Å²) < 4.78 is 5.57. The van der Waals surface area contributed by atoms with Crippen molar-refractivity contribution >= 4 is 45.3 Å². The first-order valence-electron chi connectivity index (χ1n) is 11.8. The van der Waals surface area contributed by atoms with Crippen LogP contribution < -0.4 is 11.5 Å². The number of carbonyl (C=O) groups excluding carboxylic acids is 1. The number of nitrogens with two attached hydrogens (primary N) is 2. The molecule has 0 aliphatic rings. The Hall–Kier alpha value is -3.96. The first kappa shape index (κ1) is 24.7. The summed E-state index contributed by atoms with van der Waals surface area (Å²) in [6, 6.07) is 7.05. The molecule has 0 saturated heterocycles. The van der Waals surface area contributed by atoms with Gasteiger partial charge in [0.1, 0.15) is 17.8 Å². The topological polar surface area (TPSA) is 139 Å². The fourth-order valence-corrected chi connectivity index (χ4v) is 4.69. The van der Waals surface area contributed by atoms with Crippen molar-refractivity contribution in [3.05, 3.63) is 47.4 Å². The number of halogens is 1. The molecule has 0 radical (unpaired) electrons. The van der Waals surface area contributed by atoms with E-state index in [9.17, 15) is 4.79 Å². The van der Waals surface area contributed by atoms with Gasteiger partial charge in [0.25, 0.3) is 0 Å². The third kappa shape index (κ3) is 4.19. The number of nitrogen functional groups attached to an aromatic ring is 1. The summed E-state index contributed by atoms with van der Waals surface area (Å²) in [6.07, 6.45) is 3.33. The zero-order valence-electron chi connectivity index (χ0n) is 21.4. The van der Waals surface area contributed by atoms with Gasteiger partial charge in [-0.15, -0.1) is 0 Å². The molecule has 0 saturated carbocycles. The standard InChI is InChI=1S/C25H29ClN10O/c1-25(2,3)36-24-18(22(27)29-13-30-24)20(32-36)21-19(26)15-7-6-14(23(28)37)12-16(15)35(21)17-8-9-34(31-17)11-10-33(4)5/h6-9,12-13H,10-11H2,1-5H3,(H2,28,37)(H2,27,29,30). The van der Waals surface area contributed by atoms with Crippen LogP contribution in [-0.2, 0) is 12.1 Å². The van der Waals surface area contributed by atoms with Crippen LogP contribution in [-0.4, -0.2) is 65.5 Å². The van der Waals surface area contributed by atoms with Crippen LogP contribution in [0.3, 0.4) is 0 Å². The number of fused-ring (bicyclic) bond motifs is 2. The molecule has 1 amide bonds. The molecule has 4 heterocycles. The van der Waals surface area contributed by atoms with Crippen LogP contribution in [0.2, 0.25) is 5.02 Å². The van der Waals surface area contributed by atoms with Gasteiger partial charge in [0.05, 0.1) is 33.7 Å². The lowest BCUT2D eigenvalue weighted by Gasteiger charge is -2.19. The number of hydrogen-bond donors (Lipinski definition) is 2. The van der Waals surface area contributed by atoms with E-state index in [1.807, 2.05) is 61.1 Å². The van der Waals surface area contributed by atoms with Crippen LogP contribution in [0.4, 0.5) is 5.82 Å². The van der Waals surface area contributed by atoms with Gasteiger partial charge < -0.3 is 16.4 Å². The normalized spacial score (nSPS) is 12.3. The van der Waals surface area contributed by atoms with Gasteiger partial charge in [0.2, 0.25) is 5.91 Å². The molecule has 0 fully saturated rings. The fourth-order valence-electron chi connectivity index (χ4n) is 4.35. The van der Waals surface area contributed by atoms with E-state index in [1.165, 1.54) is 6.33 Å². The molecule has 0 aliphatic carbocycles. The molecule has 0 unspecified atom stereocenters. The van der Waals surface area contributed by atoms with Crippen molar-refractivity contribution in [1.29, 1.82) is 0 Å². The molecule has 4 aromatic heterocycles. The Morgan fingerprint density at radius 1 is 1.14 bits per heavy atom. The Labute approximate surface area is 218 Å². The molecule has 0 aliphatic heterocycles. The van der Waals surface area contributed by atoms with E-state index in [0.717, 1.165) is 11.9 Å². The number of anilines is 1. The van der Waals surface area contributed by atoms with Crippen molar-refractivity contribution < 1.29 is 4.79 Å². The summed E-state index contributed by atoms with van der Waals surface area (Å²) in [5.74, 6) is 0.364. The third-order valence-electron chi connectivity index (χ3n) is 6.18. The van der Waals surface area contributed by atoms with E-state index in [-0.39, 0.29) is 5.82 Å². The Bertz CT molecular complexity index is 1650. The van der Waals surface area contributed by atoms with Gasteiger partial charge in [-0.3, -0.25) is 14.0 Å². The number of amides is 1. The van der Waals surface area contributed by atoms with Crippen molar-refractivity contribution in [3.8, 4) is 17.2 Å². The third-order valence-corrected chi connectivity index (χ3v) is 6.56. The average Bonchev–Trinajstić information content (AvgIpc) is 3.52. The van der Waals surface area contributed by atoms with Crippen molar-refractivity contribution in [2.24, 2.45) is 5.73 Å². The van der Waals surface area contributed by atoms with Crippen LogP contribution in [0.15, 0.2) is 36.8 Å². The maximum absolute atomic E-state index is 12.0. The van der Waals surface area contributed by atoms with Gasteiger partial charge in [0, 0.05) is 29.8 Å². The highest BCUT2D eigenvalue weighted by atomic mass is 35.5. The summed E-state index contributed by atoms with van der Waals surface area (Å²) in [6.45, 7) is 7.62. The summed E-state index contributed by atoms with van der Waals surface area (Å²) >= 11 is 7.06. The smallest absolute Gasteiger partial charge is 0.248 e. The first-order valence-corrected chi connectivity index (χ1v) is 12.2. The number of aromatic nitrogens is 7. The van der Waals surface area contributed by atoms with Gasteiger partial charge >= 0.3 is 0 Å². The minimum atomic E-state index is -0.538. The van der Waals surface area contributed by atoms with Crippen LogP contribution >= 0.6 is 11.6 Å². The van der Waals surface area contributed by atoms with E-state index in [2.05, 4.69) is 14.9 Å². The SMILES string of the molecule is CN(C)CCn1ccc(-n2c(-c3nn(C(C)(C)C)c4ncnc(N)c34)c(Cl)c3ccc(C(N)=O)cc32)n1. The molecule has 0 bridgehead atoms. The Kier molecular flexibility index (Phi) is 5.92. The highest BCUT2D eigenvalue weighted by Gasteiger charge is 2.29. The van der Waals surface area contributed by atoms with E-state index >= 15 is 0 Å².